The van der Waals surface area contributed by atoms with E-state index in [2.05, 4.69) is 10.3 Å². The number of nitrogens with one attached hydrogen (secondary N) is 2. The average molecular weight is 324 g/mol. The number of hydrogen-bond donors (Lipinski definition) is 2. The number of ketones is 2. The molecular weight excluding hydrogens is 304 g/mol. The van der Waals surface area contributed by atoms with Crippen molar-refractivity contribution in [2.24, 2.45) is 5.92 Å². The second-order valence-electron chi connectivity index (χ2n) is 7.42. The molecular formula is C19H20N2O3. The highest BCUT2D eigenvalue weighted by Gasteiger charge is 2.39. The lowest BCUT2D eigenvalue weighted by Gasteiger charge is -2.14. The van der Waals surface area contributed by atoms with Crippen LogP contribution in [-0.4, -0.2) is 22.5 Å². The highest BCUT2D eigenvalue weighted by molar-refractivity contribution is 6.14. The number of aromatic nitrogens is 1. The summed E-state index contributed by atoms with van der Waals surface area (Å²) in [6.07, 6.45) is 2.18. The van der Waals surface area contributed by atoms with E-state index in [1.165, 1.54) is 6.92 Å². The highest BCUT2D eigenvalue weighted by Crippen LogP contribution is 2.41. The molecule has 0 fully saturated rings. The Hall–Kier alpha value is -2.43. The second-order valence-corrected chi connectivity index (χ2v) is 7.42. The van der Waals surface area contributed by atoms with Crippen LogP contribution in [0.2, 0.25) is 0 Å². The Balaban J connectivity index is 1.92. The number of aromatic amines is 1. The van der Waals surface area contributed by atoms with E-state index in [1.807, 2.05) is 26.0 Å². The first-order chi connectivity index (χ1) is 11.3. The predicted molar refractivity (Wildman–Crippen MR) is 91.4 cm³/mol. The number of benzene rings is 1. The first-order valence-corrected chi connectivity index (χ1v) is 8.36. The molecule has 1 atom stereocenters. The van der Waals surface area contributed by atoms with Gasteiger partial charge in [-0.2, -0.15) is 0 Å². The molecule has 1 aliphatic heterocycles. The lowest BCUT2D eigenvalue weighted by atomic mass is 9.85. The SMILES string of the molecule is CC(=O)C1CCCc2c([nH]c3cc4c(cc23)NC(=O)C4(C)C)C1=O. The zero-order chi connectivity index (χ0) is 17.2. The Labute approximate surface area is 139 Å². The largest absolute Gasteiger partial charge is 0.352 e. The van der Waals surface area contributed by atoms with Gasteiger partial charge in [0.2, 0.25) is 5.91 Å². The second kappa shape index (κ2) is 4.79. The van der Waals surface area contributed by atoms with Crippen LogP contribution in [-0.2, 0) is 21.4 Å². The van der Waals surface area contributed by atoms with Crippen LogP contribution in [0.5, 0.6) is 0 Å². The van der Waals surface area contributed by atoms with Crippen LogP contribution in [0.4, 0.5) is 5.69 Å². The van der Waals surface area contributed by atoms with Gasteiger partial charge in [-0.3, -0.25) is 14.4 Å². The Morgan fingerprint density at radius 2 is 2.00 bits per heavy atom. The molecule has 2 N–H and O–H groups in total. The average Bonchev–Trinajstić information content (AvgIpc) is 2.90. The molecule has 4 rings (SSSR count). The van der Waals surface area contributed by atoms with E-state index in [1.54, 1.807) is 0 Å². The molecule has 124 valence electrons. The zero-order valence-corrected chi connectivity index (χ0v) is 14.1. The number of carbonyl (C=O) groups is 3. The minimum absolute atomic E-state index is 0.0102. The quantitative estimate of drug-likeness (QED) is 0.625. The summed E-state index contributed by atoms with van der Waals surface area (Å²) in [5.41, 5.74) is 3.57. The van der Waals surface area contributed by atoms with Crippen LogP contribution in [0.15, 0.2) is 12.1 Å². The minimum atomic E-state index is -0.585. The lowest BCUT2D eigenvalue weighted by molar-refractivity contribution is -0.120. The summed E-state index contributed by atoms with van der Waals surface area (Å²) in [7, 11) is 0. The van der Waals surface area contributed by atoms with Crippen LogP contribution in [0, 0.1) is 5.92 Å². The molecule has 2 aliphatic rings. The summed E-state index contributed by atoms with van der Waals surface area (Å²) in [5, 5.41) is 3.91. The van der Waals surface area contributed by atoms with Crippen molar-refractivity contribution in [1.29, 1.82) is 0 Å². The van der Waals surface area contributed by atoms with Crippen LogP contribution in [0.25, 0.3) is 10.9 Å². The van der Waals surface area contributed by atoms with Gasteiger partial charge in [-0.05, 0) is 63.3 Å². The number of H-pyrrole nitrogens is 1. The molecule has 0 spiro atoms. The van der Waals surface area contributed by atoms with Gasteiger partial charge in [0.25, 0.3) is 0 Å². The smallest absolute Gasteiger partial charge is 0.234 e. The Morgan fingerprint density at radius 3 is 2.71 bits per heavy atom. The van der Waals surface area contributed by atoms with Crippen molar-refractivity contribution in [3.63, 3.8) is 0 Å². The number of aryl methyl sites for hydroxylation is 1. The molecule has 5 heteroatoms. The number of amides is 1. The number of Topliss-reactive ketones (excluding diaryl/α,β-unsaturated/α-hetero) is 2. The first kappa shape index (κ1) is 15.1. The van der Waals surface area contributed by atoms with Gasteiger partial charge in [0.15, 0.2) is 5.78 Å². The zero-order valence-electron chi connectivity index (χ0n) is 14.1. The third-order valence-electron chi connectivity index (χ3n) is 5.51. The van der Waals surface area contributed by atoms with Crippen molar-refractivity contribution < 1.29 is 14.4 Å². The third-order valence-corrected chi connectivity index (χ3v) is 5.51. The maximum atomic E-state index is 12.8. The molecule has 5 nitrogen and oxygen atoms in total. The topological polar surface area (TPSA) is 79.0 Å². The van der Waals surface area contributed by atoms with Gasteiger partial charge < -0.3 is 10.3 Å². The molecule has 1 amide bonds. The molecule has 2 aromatic rings. The predicted octanol–water partition coefficient (Wildman–Crippen LogP) is 3.12. The van der Waals surface area contributed by atoms with Gasteiger partial charge >= 0.3 is 0 Å². The Morgan fingerprint density at radius 1 is 1.25 bits per heavy atom. The summed E-state index contributed by atoms with van der Waals surface area (Å²) in [4.78, 5) is 39.9. The van der Waals surface area contributed by atoms with Gasteiger partial charge in [-0.1, -0.05) is 0 Å². The van der Waals surface area contributed by atoms with Crippen LogP contribution in [0.3, 0.4) is 0 Å². The molecule has 24 heavy (non-hydrogen) atoms. The van der Waals surface area contributed by atoms with E-state index in [-0.39, 0.29) is 17.5 Å². The van der Waals surface area contributed by atoms with E-state index in [9.17, 15) is 14.4 Å². The van der Waals surface area contributed by atoms with Gasteiger partial charge in [-0.25, -0.2) is 0 Å². The summed E-state index contributed by atoms with van der Waals surface area (Å²) < 4.78 is 0. The van der Waals surface area contributed by atoms with Crippen LogP contribution < -0.4 is 5.32 Å². The summed E-state index contributed by atoms with van der Waals surface area (Å²) in [5.74, 6) is -0.719. The number of carbonyl (C=O) groups excluding carboxylic acids is 3. The fraction of sp³-hybridized carbons (Fsp3) is 0.421. The van der Waals surface area contributed by atoms with E-state index < -0.39 is 11.3 Å². The van der Waals surface area contributed by atoms with Crippen molar-refractivity contribution in [3.05, 3.63) is 29.0 Å². The molecule has 0 saturated heterocycles. The van der Waals surface area contributed by atoms with Gasteiger partial charge in [0, 0.05) is 16.6 Å². The van der Waals surface area contributed by atoms with Gasteiger partial charge in [0.05, 0.1) is 17.0 Å². The summed E-state index contributed by atoms with van der Waals surface area (Å²) in [6, 6.07) is 3.93. The highest BCUT2D eigenvalue weighted by atomic mass is 16.2. The van der Waals surface area contributed by atoms with Crippen molar-refractivity contribution in [2.45, 2.75) is 45.4 Å². The van der Waals surface area contributed by atoms with Crippen LogP contribution >= 0.6 is 0 Å². The molecule has 0 bridgehead atoms. The molecule has 2 heterocycles. The maximum absolute atomic E-state index is 12.8. The maximum Gasteiger partial charge on any atom is 0.234 e. The van der Waals surface area contributed by atoms with Gasteiger partial charge in [-0.15, -0.1) is 0 Å². The van der Waals surface area contributed by atoms with Crippen molar-refractivity contribution >= 4 is 34.1 Å². The summed E-state index contributed by atoms with van der Waals surface area (Å²) in [6.45, 7) is 5.28. The van der Waals surface area contributed by atoms with Crippen molar-refractivity contribution in [2.75, 3.05) is 5.32 Å². The minimum Gasteiger partial charge on any atom is -0.352 e. The molecule has 0 saturated carbocycles. The van der Waals surface area contributed by atoms with Crippen LogP contribution in [0.1, 0.15) is 55.2 Å². The fourth-order valence-corrected chi connectivity index (χ4v) is 3.97. The molecule has 1 aromatic carbocycles. The first-order valence-electron chi connectivity index (χ1n) is 8.36. The monoisotopic (exact) mass is 324 g/mol. The number of hydrogen-bond acceptors (Lipinski definition) is 3. The van der Waals surface area contributed by atoms with Gasteiger partial charge in [0.1, 0.15) is 5.78 Å². The number of rotatable bonds is 1. The third kappa shape index (κ3) is 1.90. The standard InChI is InChI=1S/C19H20N2O3/c1-9(22)10-5-4-6-11-12-7-15-13(19(2,3)18(24)21-15)8-14(12)20-16(11)17(10)23/h7-8,10,20H,4-6H2,1-3H3,(H,21,24). The Bertz CT molecular complexity index is 920. The normalized spacial score (nSPS) is 22.0. The van der Waals surface area contributed by atoms with Crippen molar-refractivity contribution in [3.8, 4) is 0 Å². The Kier molecular flexibility index (Phi) is 3.02. The summed E-state index contributed by atoms with van der Waals surface area (Å²) >= 11 is 0. The van der Waals surface area contributed by atoms with E-state index >= 15 is 0 Å². The van der Waals surface area contributed by atoms with E-state index in [0.717, 1.165) is 40.6 Å². The van der Waals surface area contributed by atoms with E-state index in [4.69, 9.17) is 0 Å². The lowest BCUT2D eigenvalue weighted by Crippen LogP contribution is -2.26. The molecule has 1 unspecified atom stereocenters. The number of fused-ring (bicyclic) bond motifs is 4. The molecule has 0 radical (unpaired) electrons. The van der Waals surface area contributed by atoms with Crippen molar-refractivity contribution in [1.82, 2.24) is 4.98 Å². The molecule has 1 aromatic heterocycles. The fourth-order valence-electron chi connectivity index (χ4n) is 3.97. The van der Waals surface area contributed by atoms with E-state index in [0.29, 0.717) is 12.1 Å². The molecule has 1 aliphatic carbocycles. The number of anilines is 1.